The van der Waals surface area contributed by atoms with Gasteiger partial charge in [-0.25, -0.2) is 0 Å². The number of hydrazine groups is 1. The third-order valence-corrected chi connectivity index (χ3v) is 2.90. The minimum atomic E-state index is -0.423. The van der Waals surface area contributed by atoms with Crippen molar-refractivity contribution in [3.05, 3.63) is 23.8 Å². The standard InChI is InChI=1S/C13H16N2O4/c1-18-9-5-6-10(11(7-9)19-2)13(17)15-14-12(16)8-3-4-8/h5-8H,3-4H2,1-2H3,(H,14,16)(H,15,17). The van der Waals surface area contributed by atoms with Crippen LogP contribution in [0.25, 0.3) is 0 Å². The van der Waals surface area contributed by atoms with Gasteiger partial charge in [0, 0.05) is 12.0 Å². The molecule has 0 radical (unpaired) electrons. The molecule has 1 fully saturated rings. The average Bonchev–Trinajstić information content (AvgIpc) is 3.28. The maximum absolute atomic E-state index is 11.9. The summed E-state index contributed by atoms with van der Waals surface area (Å²) < 4.78 is 10.2. The number of hydrogen-bond acceptors (Lipinski definition) is 4. The Morgan fingerprint density at radius 1 is 1.16 bits per heavy atom. The number of ether oxygens (including phenoxy) is 2. The fourth-order valence-corrected chi connectivity index (χ4v) is 1.62. The lowest BCUT2D eigenvalue weighted by Gasteiger charge is -2.11. The molecule has 102 valence electrons. The van der Waals surface area contributed by atoms with E-state index in [-0.39, 0.29) is 11.8 Å². The molecule has 0 heterocycles. The highest BCUT2D eigenvalue weighted by Crippen LogP contribution is 2.28. The van der Waals surface area contributed by atoms with Crippen LogP contribution in [0.15, 0.2) is 18.2 Å². The molecule has 0 aromatic heterocycles. The van der Waals surface area contributed by atoms with E-state index in [1.807, 2.05) is 0 Å². The highest BCUT2D eigenvalue weighted by Gasteiger charge is 2.29. The van der Waals surface area contributed by atoms with Gasteiger partial charge in [-0.2, -0.15) is 0 Å². The molecule has 6 heteroatoms. The quantitative estimate of drug-likeness (QED) is 0.791. The number of rotatable bonds is 4. The van der Waals surface area contributed by atoms with E-state index in [2.05, 4.69) is 10.9 Å². The van der Waals surface area contributed by atoms with Crippen LogP contribution in [-0.2, 0) is 4.79 Å². The van der Waals surface area contributed by atoms with Crippen LogP contribution in [0, 0.1) is 5.92 Å². The molecule has 0 atom stereocenters. The predicted octanol–water partition coefficient (Wildman–Crippen LogP) is 0.875. The Bertz CT molecular complexity index is 497. The third kappa shape index (κ3) is 3.15. The molecule has 1 aromatic rings. The molecule has 2 rings (SSSR count). The number of hydrogen-bond donors (Lipinski definition) is 2. The Kier molecular flexibility index (Phi) is 3.89. The van der Waals surface area contributed by atoms with Gasteiger partial charge in [0.1, 0.15) is 11.5 Å². The molecule has 0 saturated heterocycles. The molecular weight excluding hydrogens is 248 g/mol. The highest BCUT2D eigenvalue weighted by atomic mass is 16.5. The van der Waals surface area contributed by atoms with Gasteiger partial charge in [0.05, 0.1) is 19.8 Å². The van der Waals surface area contributed by atoms with Gasteiger partial charge in [-0.15, -0.1) is 0 Å². The number of carbonyl (C=O) groups excluding carboxylic acids is 2. The smallest absolute Gasteiger partial charge is 0.273 e. The minimum Gasteiger partial charge on any atom is -0.497 e. The SMILES string of the molecule is COc1ccc(C(=O)NNC(=O)C2CC2)c(OC)c1. The molecule has 0 bridgehead atoms. The van der Waals surface area contributed by atoms with Crippen molar-refractivity contribution in [2.24, 2.45) is 5.92 Å². The first kappa shape index (κ1) is 13.2. The molecular formula is C13H16N2O4. The fraction of sp³-hybridized carbons (Fsp3) is 0.385. The zero-order valence-corrected chi connectivity index (χ0v) is 10.9. The Balaban J connectivity index is 2.02. The van der Waals surface area contributed by atoms with Gasteiger partial charge >= 0.3 is 0 Å². The summed E-state index contributed by atoms with van der Waals surface area (Å²) >= 11 is 0. The van der Waals surface area contributed by atoms with Crippen LogP contribution in [0.3, 0.4) is 0 Å². The van der Waals surface area contributed by atoms with Gasteiger partial charge in [0.15, 0.2) is 0 Å². The lowest BCUT2D eigenvalue weighted by Crippen LogP contribution is -2.42. The van der Waals surface area contributed by atoms with E-state index < -0.39 is 5.91 Å². The summed E-state index contributed by atoms with van der Waals surface area (Å²) in [6.07, 6.45) is 1.77. The van der Waals surface area contributed by atoms with Crippen LogP contribution in [0.5, 0.6) is 11.5 Å². The van der Waals surface area contributed by atoms with Crippen LogP contribution in [0.2, 0.25) is 0 Å². The van der Waals surface area contributed by atoms with Crippen molar-refractivity contribution < 1.29 is 19.1 Å². The summed E-state index contributed by atoms with van der Waals surface area (Å²) in [5, 5.41) is 0. The summed E-state index contributed by atoms with van der Waals surface area (Å²) in [5.41, 5.74) is 5.10. The van der Waals surface area contributed by atoms with Gasteiger partial charge in [-0.3, -0.25) is 20.4 Å². The lowest BCUT2D eigenvalue weighted by molar-refractivity contribution is -0.123. The normalized spacial score (nSPS) is 13.6. The first-order valence-electron chi connectivity index (χ1n) is 5.98. The van der Waals surface area contributed by atoms with Crippen LogP contribution < -0.4 is 20.3 Å². The largest absolute Gasteiger partial charge is 0.497 e. The van der Waals surface area contributed by atoms with Gasteiger partial charge < -0.3 is 9.47 Å². The van der Waals surface area contributed by atoms with Gasteiger partial charge in [-0.05, 0) is 25.0 Å². The Morgan fingerprint density at radius 2 is 1.89 bits per heavy atom. The first-order valence-corrected chi connectivity index (χ1v) is 5.98. The molecule has 1 aromatic carbocycles. The molecule has 0 spiro atoms. The van der Waals surface area contributed by atoms with Crippen molar-refractivity contribution >= 4 is 11.8 Å². The highest BCUT2D eigenvalue weighted by molar-refractivity contribution is 5.98. The maximum Gasteiger partial charge on any atom is 0.273 e. The third-order valence-electron chi connectivity index (χ3n) is 2.90. The van der Waals surface area contributed by atoms with Crippen LogP contribution in [0.1, 0.15) is 23.2 Å². The Labute approximate surface area is 111 Å². The maximum atomic E-state index is 11.9. The Hall–Kier alpha value is -2.24. The number of amides is 2. The zero-order chi connectivity index (χ0) is 13.8. The van der Waals surface area contributed by atoms with E-state index in [4.69, 9.17) is 9.47 Å². The summed E-state index contributed by atoms with van der Waals surface area (Å²) in [7, 11) is 3.00. The number of nitrogens with one attached hydrogen (secondary N) is 2. The van der Waals surface area contributed by atoms with E-state index in [0.717, 1.165) is 12.8 Å². The second-order valence-corrected chi connectivity index (χ2v) is 4.28. The van der Waals surface area contributed by atoms with Crippen molar-refractivity contribution in [2.45, 2.75) is 12.8 Å². The van der Waals surface area contributed by atoms with Gasteiger partial charge in [0.2, 0.25) is 5.91 Å². The zero-order valence-electron chi connectivity index (χ0n) is 10.9. The van der Waals surface area contributed by atoms with Crippen LogP contribution >= 0.6 is 0 Å². The number of methoxy groups -OCH3 is 2. The molecule has 6 nitrogen and oxygen atoms in total. The first-order chi connectivity index (χ1) is 9.15. The van der Waals surface area contributed by atoms with Crippen molar-refractivity contribution in [2.75, 3.05) is 14.2 Å². The van der Waals surface area contributed by atoms with Gasteiger partial charge in [0.25, 0.3) is 5.91 Å². The molecule has 1 aliphatic rings. The van der Waals surface area contributed by atoms with E-state index in [1.54, 1.807) is 18.2 Å². The van der Waals surface area contributed by atoms with E-state index in [0.29, 0.717) is 17.1 Å². The molecule has 0 unspecified atom stereocenters. The second kappa shape index (κ2) is 5.60. The monoisotopic (exact) mass is 264 g/mol. The summed E-state index contributed by atoms with van der Waals surface area (Å²) in [5.74, 6) is 0.445. The van der Waals surface area contributed by atoms with E-state index in [9.17, 15) is 9.59 Å². The van der Waals surface area contributed by atoms with E-state index >= 15 is 0 Å². The minimum absolute atomic E-state index is 0.0399. The summed E-state index contributed by atoms with van der Waals surface area (Å²) in [4.78, 5) is 23.3. The Morgan fingerprint density at radius 3 is 2.47 bits per heavy atom. The van der Waals surface area contributed by atoms with Crippen molar-refractivity contribution in [3.8, 4) is 11.5 Å². The number of carbonyl (C=O) groups is 2. The van der Waals surface area contributed by atoms with Crippen LogP contribution in [-0.4, -0.2) is 26.0 Å². The van der Waals surface area contributed by atoms with Gasteiger partial charge in [-0.1, -0.05) is 0 Å². The average molecular weight is 264 g/mol. The molecule has 19 heavy (non-hydrogen) atoms. The molecule has 1 saturated carbocycles. The lowest BCUT2D eigenvalue weighted by atomic mass is 10.2. The summed E-state index contributed by atoms with van der Waals surface area (Å²) in [6.45, 7) is 0. The molecule has 2 N–H and O–H groups in total. The molecule has 2 amide bonds. The second-order valence-electron chi connectivity index (χ2n) is 4.28. The summed E-state index contributed by atoms with van der Waals surface area (Å²) in [6, 6.07) is 4.84. The van der Waals surface area contributed by atoms with Crippen molar-refractivity contribution in [1.29, 1.82) is 0 Å². The van der Waals surface area contributed by atoms with Crippen LogP contribution in [0.4, 0.5) is 0 Å². The topological polar surface area (TPSA) is 76.7 Å². The van der Waals surface area contributed by atoms with Crippen molar-refractivity contribution in [1.82, 2.24) is 10.9 Å². The van der Waals surface area contributed by atoms with Crippen molar-refractivity contribution in [3.63, 3.8) is 0 Å². The predicted molar refractivity (Wildman–Crippen MR) is 67.9 cm³/mol. The molecule has 1 aliphatic carbocycles. The number of benzene rings is 1. The van der Waals surface area contributed by atoms with E-state index in [1.165, 1.54) is 14.2 Å². The fourth-order valence-electron chi connectivity index (χ4n) is 1.62. The molecule has 0 aliphatic heterocycles.